The normalized spacial score (nSPS) is 11.0. The minimum atomic E-state index is -0.187. The molecule has 0 fully saturated rings. The lowest BCUT2D eigenvalue weighted by atomic mass is 10.3. The molecule has 0 unspecified atom stereocenters. The molecule has 0 N–H and O–H groups in total. The first-order valence-corrected chi connectivity index (χ1v) is 9.96. The molecule has 4 aromatic rings. The zero-order valence-electron chi connectivity index (χ0n) is 15.5. The van der Waals surface area contributed by atoms with Crippen molar-refractivity contribution < 1.29 is 9.53 Å². The lowest BCUT2D eigenvalue weighted by Crippen LogP contribution is -2.27. The van der Waals surface area contributed by atoms with Crippen molar-refractivity contribution in [3.8, 4) is 5.75 Å². The fraction of sp³-hybridized carbons (Fsp3) is 0.150. The van der Waals surface area contributed by atoms with Crippen molar-refractivity contribution in [2.45, 2.75) is 13.3 Å². The summed E-state index contributed by atoms with van der Waals surface area (Å²) in [7, 11) is 1.73. The van der Waals surface area contributed by atoms with Crippen LogP contribution in [0, 0.1) is 0 Å². The van der Waals surface area contributed by atoms with Gasteiger partial charge in [-0.15, -0.1) is 0 Å². The van der Waals surface area contributed by atoms with Crippen molar-refractivity contribution in [3.05, 3.63) is 81.9 Å². The van der Waals surface area contributed by atoms with Gasteiger partial charge in [-0.3, -0.25) is 4.79 Å². The van der Waals surface area contributed by atoms with Crippen LogP contribution in [0.1, 0.15) is 16.2 Å². The molecule has 0 aliphatic carbocycles. The SMILES string of the molecule is CN(Cc1cn2ccccc2n1)C(=O)c1ccn(COc2ccc(Cl)cc2Br)n1. The van der Waals surface area contributed by atoms with Gasteiger partial charge in [0.2, 0.25) is 0 Å². The van der Waals surface area contributed by atoms with Gasteiger partial charge in [-0.25, -0.2) is 9.67 Å². The highest BCUT2D eigenvalue weighted by Gasteiger charge is 2.16. The summed E-state index contributed by atoms with van der Waals surface area (Å²) in [4.78, 5) is 18.8. The van der Waals surface area contributed by atoms with E-state index in [2.05, 4.69) is 26.0 Å². The Balaban J connectivity index is 1.39. The highest BCUT2D eigenvalue weighted by atomic mass is 79.9. The van der Waals surface area contributed by atoms with Crippen LogP contribution in [0.25, 0.3) is 5.65 Å². The summed E-state index contributed by atoms with van der Waals surface area (Å²) in [6, 6.07) is 12.7. The second kappa shape index (κ2) is 8.26. The zero-order chi connectivity index (χ0) is 20.4. The van der Waals surface area contributed by atoms with Crippen molar-refractivity contribution >= 4 is 39.1 Å². The molecule has 3 aromatic heterocycles. The van der Waals surface area contributed by atoms with E-state index in [1.807, 2.05) is 35.0 Å². The van der Waals surface area contributed by atoms with Crippen LogP contribution < -0.4 is 4.74 Å². The van der Waals surface area contributed by atoms with Crippen molar-refractivity contribution in [1.29, 1.82) is 0 Å². The van der Waals surface area contributed by atoms with E-state index in [0.717, 1.165) is 15.8 Å². The van der Waals surface area contributed by atoms with Crippen molar-refractivity contribution in [2.24, 2.45) is 0 Å². The van der Waals surface area contributed by atoms with Crippen LogP contribution in [0.15, 0.2) is 65.5 Å². The molecular formula is C20H17BrClN5O2. The Bertz CT molecular complexity index is 1140. The summed E-state index contributed by atoms with van der Waals surface area (Å²) in [5.41, 5.74) is 2.00. The Morgan fingerprint density at radius 2 is 2.10 bits per heavy atom. The first kappa shape index (κ1) is 19.5. The Labute approximate surface area is 180 Å². The van der Waals surface area contributed by atoms with E-state index >= 15 is 0 Å². The number of carbonyl (C=O) groups is 1. The van der Waals surface area contributed by atoms with E-state index < -0.39 is 0 Å². The van der Waals surface area contributed by atoms with Gasteiger partial charge < -0.3 is 14.0 Å². The van der Waals surface area contributed by atoms with Gasteiger partial charge in [0.1, 0.15) is 11.4 Å². The molecule has 4 rings (SSSR count). The molecule has 148 valence electrons. The molecule has 0 radical (unpaired) electrons. The number of hydrogen-bond donors (Lipinski definition) is 0. The minimum absolute atomic E-state index is 0.170. The molecule has 0 saturated heterocycles. The monoisotopic (exact) mass is 473 g/mol. The highest BCUT2D eigenvalue weighted by Crippen LogP contribution is 2.28. The number of ether oxygens (including phenoxy) is 1. The van der Waals surface area contributed by atoms with E-state index in [-0.39, 0.29) is 12.6 Å². The van der Waals surface area contributed by atoms with Gasteiger partial charge in [-0.1, -0.05) is 17.7 Å². The zero-order valence-corrected chi connectivity index (χ0v) is 17.8. The number of nitrogens with zero attached hydrogens (tertiary/aromatic N) is 5. The molecule has 29 heavy (non-hydrogen) atoms. The smallest absolute Gasteiger partial charge is 0.274 e. The van der Waals surface area contributed by atoms with Gasteiger partial charge in [-0.2, -0.15) is 5.10 Å². The number of fused-ring (bicyclic) bond motifs is 1. The fourth-order valence-electron chi connectivity index (χ4n) is 2.85. The fourth-order valence-corrected chi connectivity index (χ4v) is 3.65. The number of amides is 1. The second-order valence-corrected chi connectivity index (χ2v) is 7.74. The van der Waals surface area contributed by atoms with Crippen LogP contribution in [0.4, 0.5) is 0 Å². The number of pyridine rings is 1. The van der Waals surface area contributed by atoms with Crippen molar-refractivity contribution in [2.75, 3.05) is 7.05 Å². The van der Waals surface area contributed by atoms with Crippen molar-refractivity contribution in [1.82, 2.24) is 24.1 Å². The van der Waals surface area contributed by atoms with Crippen LogP contribution >= 0.6 is 27.5 Å². The van der Waals surface area contributed by atoms with Gasteiger partial charge in [0.05, 0.1) is 16.7 Å². The molecule has 3 heterocycles. The molecule has 9 heteroatoms. The van der Waals surface area contributed by atoms with Crippen LogP contribution in [0.3, 0.4) is 0 Å². The van der Waals surface area contributed by atoms with Gasteiger partial charge in [-0.05, 0) is 52.3 Å². The second-order valence-electron chi connectivity index (χ2n) is 6.45. The summed E-state index contributed by atoms with van der Waals surface area (Å²) in [5.74, 6) is 0.454. The van der Waals surface area contributed by atoms with E-state index in [4.69, 9.17) is 16.3 Å². The topological polar surface area (TPSA) is 64.7 Å². The summed E-state index contributed by atoms with van der Waals surface area (Å²) < 4.78 is 9.96. The van der Waals surface area contributed by atoms with Crippen LogP contribution in [-0.4, -0.2) is 37.0 Å². The number of halogens is 2. The Kier molecular flexibility index (Phi) is 5.55. The van der Waals surface area contributed by atoms with Gasteiger partial charge in [0.25, 0.3) is 5.91 Å². The molecule has 0 atom stereocenters. The number of hydrogen-bond acceptors (Lipinski definition) is 4. The van der Waals surface area contributed by atoms with Gasteiger partial charge in [0, 0.05) is 30.7 Å². The molecule has 0 aliphatic heterocycles. The average molecular weight is 475 g/mol. The summed E-state index contributed by atoms with van der Waals surface area (Å²) in [6.45, 7) is 0.561. The number of rotatable bonds is 6. The van der Waals surface area contributed by atoms with E-state index in [1.54, 1.807) is 47.1 Å². The van der Waals surface area contributed by atoms with Gasteiger partial charge >= 0.3 is 0 Å². The molecule has 1 aromatic carbocycles. The third kappa shape index (κ3) is 4.44. The summed E-state index contributed by atoms with van der Waals surface area (Å²) in [5, 5.41) is 4.93. The average Bonchev–Trinajstić information content (AvgIpc) is 3.33. The van der Waals surface area contributed by atoms with E-state index in [0.29, 0.717) is 23.0 Å². The maximum atomic E-state index is 12.7. The van der Waals surface area contributed by atoms with Crippen LogP contribution in [0.5, 0.6) is 5.75 Å². The lowest BCUT2D eigenvalue weighted by molar-refractivity contribution is 0.0775. The molecule has 1 amide bonds. The van der Waals surface area contributed by atoms with Crippen LogP contribution in [0.2, 0.25) is 5.02 Å². The van der Waals surface area contributed by atoms with E-state index in [1.165, 1.54) is 0 Å². The van der Waals surface area contributed by atoms with Crippen LogP contribution in [-0.2, 0) is 13.3 Å². The van der Waals surface area contributed by atoms with Crippen molar-refractivity contribution in [3.63, 3.8) is 0 Å². The molecule has 7 nitrogen and oxygen atoms in total. The maximum Gasteiger partial charge on any atom is 0.274 e. The van der Waals surface area contributed by atoms with E-state index in [9.17, 15) is 4.79 Å². The molecule has 0 aliphatic rings. The minimum Gasteiger partial charge on any atom is -0.470 e. The Morgan fingerprint density at radius 1 is 1.24 bits per heavy atom. The highest BCUT2D eigenvalue weighted by molar-refractivity contribution is 9.10. The standard InChI is InChI=1S/C20H17BrClN5O2/c1-25(11-15-12-26-8-3-2-4-19(26)23-15)20(28)17-7-9-27(24-17)13-29-18-6-5-14(22)10-16(18)21/h2-10,12H,11,13H2,1H3. The Morgan fingerprint density at radius 3 is 2.90 bits per heavy atom. The number of benzene rings is 1. The van der Waals surface area contributed by atoms with Gasteiger partial charge in [0.15, 0.2) is 12.4 Å². The third-order valence-corrected chi connectivity index (χ3v) is 5.12. The molecule has 0 spiro atoms. The molecule has 0 bridgehead atoms. The number of aromatic nitrogens is 4. The quantitative estimate of drug-likeness (QED) is 0.419. The third-order valence-electron chi connectivity index (χ3n) is 4.27. The number of carbonyl (C=O) groups excluding carboxylic acids is 1. The summed E-state index contributed by atoms with van der Waals surface area (Å²) in [6.07, 6.45) is 5.54. The predicted octanol–water partition coefficient (Wildman–Crippen LogP) is 4.26. The first-order valence-electron chi connectivity index (χ1n) is 8.79. The lowest BCUT2D eigenvalue weighted by Gasteiger charge is -2.14. The predicted molar refractivity (Wildman–Crippen MR) is 113 cm³/mol. The maximum absolute atomic E-state index is 12.7. The molecule has 0 saturated carbocycles. The summed E-state index contributed by atoms with van der Waals surface area (Å²) >= 11 is 9.34. The largest absolute Gasteiger partial charge is 0.470 e. The number of imidazole rings is 1. The Hall–Kier alpha value is -2.84. The first-order chi connectivity index (χ1) is 14.0. The molecular weight excluding hydrogens is 458 g/mol.